The lowest BCUT2D eigenvalue weighted by Crippen LogP contribution is -2.37. The first kappa shape index (κ1) is 21.5. The Kier molecular flexibility index (Phi) is 7.23. The summed E-state index contributed by atoms with van der Waals surface area (Å²) in [5, 5.41) is 8.82. The van der Waals surface area contributed by atoms with Crippen molar-refractivity contribution in [1.82, 2.24) is 0 Å². The molecule has 0 saturated carbocycles. The van der Waals surface area contributed by atoms with Crippen LogP contribution in [-0.4, -0.2) is 16.9 Å². The van der Waals surface area contributed by atoms with Crippen LogP contribution in [-0.2, 0) is 9.78 Å². The lowest BCUT2D eigenvalue weighted by atomic mass is 9.84. The second-order valence-corrected chi connectivity index (χ2v) is 9.81. The van der Waals surface area contributed by atoms with Crippen LogP contribution in [0.1, 0.15) is 89.0 Å². The molecule has 0 aromatic carbocycles. The van der Waals surface area contributed by atoms with Gasteiger partial charge in [-0.05, 0) is 59.3 Å². The van der Waals surface area contributed by atoms with Gasteiger partial charge < -0.3 is 0 Å². The predicted octanol–water partition coefficient (Wildman–Crippen LogP) is 6.16. The van der Waals surface area contributed by atoms with Crippen LogP contribution in [0.15, 0.2) is 10.2 Å². The highest BCUT2D eigenvalue weighted by Crippen LogP contribution is 2.33. The maximum absolute atomic E-state index is 5.79. The van der Waals surface area contributed by atoms with Gasteiger partial charge in [0.25, 0.3) is 0 Å². The van der Waals surface area contributed by atoms with Gasteiger partial charge >= 0.3 is 0 Å². The molecule has 4 heteroatoms. The molecule has 0 aromatic rings. The molecule has 0 aromatic heterocycles. The van der Waals surface area contributed by atoms with Gasteiger partial charge in [-0.3, -0.25) is 0 Å². The van der Waals surface area contributed by atoms with Crippen molar-refractivity contribution >= 4 is 0 Å². The Hall–Kier alpha value is -0.480. The summed E-state index contributed by atoms with van der Waals surface area (Å²) in [5.41, 5.74) is -1.17. The largest absolute Gasteiger partial charge is 0.228 e. The smallest absolute Gasteiger partial charge is 0.209 e. The number of azo groups is 1. The van der Waals surface area contributed by atoms with Crippen molar-refractivity contribution in [3.05, 3.63) is 0 Å². The fourth-order valence-corrected chi connectivity index (χ4v) is 2.61. The van der Waals surface area contributed by atoms with Crippen molar-refractivity contribution in [2.75, 3.05) is 0 Å². The molecule has 0 aliphatic heterocycles. The number of rotatable bonds is 7. The normalized spacial score (nSPS) is 17.3. The minimum atomic E-state index is -0.753. The van der Waals surface area contributed by atoms with Gasteiger partial charge in [-0.25, -0.2) is 9.78 Å². The molecular weight excluding hydrogens is 276 g/mol. The Bertz CT molecular complexity index is 362. The van der Waals surface area contributed by atoms with Crippen LogP contribution in [0.5, 0.6) is 0 Å². The average Bonchev–Trinajstić information content (AvgIpc) is 2.19. The zero-order valence-corrected chi connectivity index (χ0v) is 16.7. The minimum absolute atomic E-state index is 0.175. The van der Waals surface area contributed by atoms with Gasteiger partial charge in [0.2, 0.25) is 5.72 Å². The SMILES string of the molecule is CC(C)CC(C)(N=NC(C)(C)C)OOC(C)(C)CC(C)(C)C. The third kappa shape index (κ3) is 11.1. The maximum atomic E-state index is 5.79. The van der Waals surface area contributed by atoms with Crippen molar-refractivity contribution in [3.8, 4) is 0 Å². The molecule has 0 N–H and O–H groups in total. The summed E-state index contributed by atoms with van der Waals surface area (Å²) in [6, 6.07) is 0. The molecule has 1 unspecified atom stereocenters. The molecule has 132 valence electrons. The lowest BCUT2D eigenvalue weighted by molar-refractivity contribution is -0.409. The minimum Gasteiger partial charge on any atom is -0.228 e. The Morgan fingerprint density at radius 2 is 1.27 bits per heavy atom. The number of hydrogen-bond donors (Lipinski definition) is 0. The topological polar surface area (TPSA) is 43.2 Å². The highest BCUT2D eigenvalue weighted by molar-refractivity contribution is 4.78. The van der Waals surface area contributed by atoms with E-state index in [2.05, 4.69) is 58.7 Å². The van der Waals surface area contributed by atoms with Crippen molar-refractivity contribution in [1.29, 1.82) is 0 Å². The first-order valence-corrected chi connectivity index (χ1v) is 8.35. The molecule has 0 radical (unpaired) electrons. The van der Waals surface area contributed by atoms with E-state index in [9.17, 15) is 0 Å². The predicted molar refractivity (Wildman–Crippen MR) is 92.8 cm³/mol. The van der Waals surface area contributed by atoms with Crippen LogP contribution in [0.4, 0.5) is 0 Å². The van der Waals surface area contributed by atoms with Crippen molar-refractivity contribution in [3.63, 3.8) is 0 Å². The van der Waals surface area contributed by atoms with Crippen LogP contribution < -0.4 is 0 Å². The van der Waals surface area contributed by atoms with Gasteiger partial charge in [-0.15, -0.1) is 0 Å². The molecule has 22 heavy (non-hydrogen) atoms. The average molecular weight is 315 g/mol. The molecule has 0 spiro atoms. The zero-order valence-electron chi connectivity index (χ0n) is 16.7. The Balaban J connectivity index is 4.97. The fraction of sp³-hybridized carbons (Fsp3) is 1.00. The van der Waals surface area contributed by atoms with Crippen LogP contribution in [0.2, 0.25) is 0 Å². The van der Waals surface area contributed by atoms with E-state index in [1.807, 2.05) is 27.7 Å². The molecule has 0 aliphatic carbocycles. The molecule has 0 heterocycles. The first-order chi connectivity index (χ1) is 9.54. The fourth-order valence-electron chi connectivity index (χ4n) is 2.61. The lowest BCUT2D eigenvalue weighted by Gasteiger charge is -2.34. The van der Waals surface area contributed by atoms with E-state index in [1.165, 1.54) is 0 Å². The van der Waals surface area contributed by atoms with Gasteiger partial charge in [0, 0.05) is 6.42 Å². The number of nitrogens with zero attached hydrogens (tertiary/aromatic N) is 2. The summed E-state index contributed by atoms with van der Waals surface area (Å²) >= 11 is 0. The highest BCUT2D eigenvalue weighted by atomic mass is 17.2. The van der Waals surface area contributed by atoms with Gasteiger partial charge in [0.05, 0.1) is 11.1 Å². The zero-order chi connectivity index (χ0) is 17.8. The summed E-state index contributed by atoms with van der Waals surface area (Å²) in [5.74, 6) is 0.443. The molecule has 0 bridgehead atoms. The Labute approximate surface area is 138 Å². The molecule has 0 rings (SSSR count). The van der Waals surface area contributed by atoms with Crippen molar-refractivity contribution < 1.29 is 9.78 Å². The van der Waals surface area contributed by atoms with Crippen molar-refractivity contribution in [2.24, 2.45) is 21.6 Å². The van der Waals surface area contributed by atoms with Gasteiger partial charge in [-0.1, -0.05) is 34.6 Å². The third-order valence-corrected chi connectivity index (χ3v) is 2.75. The van der Waals surface area contributed by atoms with Crippen LogP contribution in [0, 0.1) is 11.3 Å². The van der Waals surface area contributed by atoms with Crippen molar-refractivity contribution in [2.45, 2.75) is 106 Å². The van der Waals surface area contributed by atoms with E-state index >= 15 is 0 Å². The summed E-state index contributed by atoms with van der Waals surface area (Å²) in [6.07, 6.45) is 1.66. The van der Waals surface area contributed by atoms with Crippen LogP contribution in [0.3, 0.4) is 0 Å². The van der Waals surface area contributed by atoms with E-state index < -0.39 is 5.72 Å². The van der Waals surface area contributed by atoms with Crippen LogP contribution >= 0.6 is 0 Å². The van der Waals surface area contributed by atoms with Gasteiger partial charge in [0.1, 0.15) is 0 Å². The molecule has 0 fully saturated rings. The second-order valence-electron chi connectivity index (χ2n) is 9.81. The van der Waals surface area contributed by atoms with Crippen LogP contribution in [0.25, 0.3) is 0 Å². The highest BCUT2D eigenvalue weighted by Gasteiger charge is 2.34. The van der Waals surface area contributed by atoms with Gasteiger partial charge in [-0.2, -0.15) is 10.2 Å². The molecule has 4 nitrogen and oxygen atoms in total. The molecule has 0 aliphatic rings. The standard InChI is InChI=1S/C18H38N2O2/c1-14(2)12-18(11,20-19-16(6,7)8)22-21-17(9,10)13-15(3,4)5/h14H,12-13H2,1-11H3. The Morgan fingerprint density at radius 3 is 1.64 bits per heavy atom. The Morgan fingerprint density at radius 1 is 0.773 bits per heavy atom. The molecule has 0 saturated heterocycles. The van der Waals surface area contributed by atoms with E-state index in [0.29, 0.717) is 5.92 Å². The monoisotopic (exact) mass is 314 g/mol. The summed E-state index contributed by atoms with van der Waals surface area (Å²) in [6.45, 7) is 23.0. The quantitative estimate of drug-likeness (QED) is 0.321. The second kappa shape index (κ2) is 7.39. The van der Waals surface area contributed by atoms with E-state index in [-0.39, 0.29) is 16.6 Å². The maximum Gasteiger partial charge on any atom is 0.209 e. The van der Waals surface area contributed by atoms with Gasteiger partial charge in [0.15, 0.2) is 0 Å². The van der Waals surface area contributed by atoms with E-state index in [4.69, 9.17) is 9.78 Å². The van der Waals surface area contributed by atoms with E-state index in [0.717, 1.165) is 12.8 Å². The summed E-state index contributed by atoms with van der Waals surface area (Å²) in [7, 11) is 0. The van der Waals surface area contributed by atoms with E-state index in [1.54, 1.807) is 0 Å². The number of hydrogen-bond acceptors (Lipinski definition) is 4. The molecular formula is C18H38N2O2. The third-order valence-electron chi connectivity index (χ3n) is 2.75. The molecule has 1 atom stereocenters. The molecule has 0 amide bonds. The summed E-state index contributed by atoms with van der Waals surface area (Å²) in [4.78, 5) is 11.6. The summed E-state index contributed by atoms with van der Waals surface area (Å²) < 4.78 is 0. The first-order valence-electron chi connectivity index (χ1n) is 8.35.